The van der Waals surface area contributed by atoms with Crippen molar-refractivity contribution in [1.29, 1.82) is 0 Å². The van der Waals surface area contributed by atoms with E-state index < -0.39 is 5.54 Å². The number of benzene rings is 3. The van der Waals surface area contributed by atoms with Gasteiger partial charge in [0.1, 0.15) is 11.4 Å². The Morgan fingerprint density at radius 2 is 1.15 bits per heavy atom. The number of rotatable bonds is 7. The molecule has 160 valence electrons. The first-order valence-corrected chi connectivity index (χ1v) is 11.9. The standard InChI is InChI=1S/C30H24N2S/c1-4-12-24(13-5-1)30(25-14-6-2-7-15-25,26-16-8-3-9-17-26)32-29-20-10-18-27(31-29)21-22-28-19-11-23-33-28/h1-23H,(H,31,32)/b22-21+. The molecule has 5 rings (SSSR count). The van der Waals surface area contributed by atoms with E-state index >= 15 is 0 Å². The molecule has 0 bridgehead atoms. The molecular formula is C30H24N2S. The van der Waals surface area contributed by atoms with Crippen molar-refractivity contribution >= 4 is 29.3 Å². The van der Waals surface area contributed by atoms with Crippen LogP contribution in [-0.4, -0.2) is 4.98 Å². The van der Waals surface area contributed by atoms with Gasteiger partial charge in [-0.15, -0.1) is 11.3 Å². The first-order chi connectivity index (χ1) is 16.3. The van der Waals surface area contributed by atoms with Gasteiger partial charge in [-0.05, 0) is 52.4 Å². The van der Waals surface area contributed by atoms with Crippen LogP contribution in [0.25, 0.3) is 12.2 Å². The number of thiophene rings is 1. The number of nitrogens with zero attached hydrogens (tertiary/aromatic N) is 1. The molecule has 0 fully saturated rings. The van der Waals surface area contributed by atoms with Crippen LogP contribution in [0.1, 0.15) is 27.3 Å². The van der Waals surface area contributed by atoms with Gasteiger partial charge in [0.2, 0.25) is 0 Å². The number of anilines is 1. The molecule has 0 amide bonds. The van der Waals surface area contributed by atoms with Gasteiger partial charge in [-0.25, -0.2) is 4.98 Å². The minimum atomic E-state index is -0.590. The molecule has 0 aliphatic heterocycles. The van der Waals surface area contributed by atoms with Crippen LogP contribution in [0, 0.1) is 0 Å². The Morgan fingerprint density at radius 3 is 1.67 bits per heavy atom. The number of hydrogen-bond donors (Lipinski definition) is 1. The van der Waals surface area contributed by atoms with Crippen LogP contribution in [0.3, 0.4) is 0 Å². The maximum Gasteiger partial charge on any atom is 0.127 e. The van der Waals surface area contributed by atoms with Crippen LogP contribution in [0.4, 0.5) is 5.82 Å². The number of aromatic nitrogens is 1. The van der Waals surface area contributed by atoms with E-state index in [1.165, 1.54) is 4.88 Å². The molecule has 0 spiro atoms. The zero-order chi connectivity index (χ0) is 22.3. The second-order valence-corrected chi connectivity index (χ2v) is 8.75. The molecule has 0 saturated heterocycles. The van der Waals surface area contributed by atoms with E-state index in [1.54, 1.807) is 11.3 Å². The van der Waals surface area contributed by atoms with Crippen molar-refractivity contribution in [3.8, 4) is 0 Å². The van der Waals surface area contributed by atoms with Crippen molar-refractivity contribution in [2.75, 3.05) is 5.32 Å². The average molecular weight is 445 g/mol. The molecule has 3 aromatic carbocycles. The average Bonchev–Trinajstić information content (AvgIpc) is 3.42. The highest BCUT2D eigenvalue weighted by Gasteiger charge is 2.36. The van der Waals surface area contributed by atoms with Crippen molar-refractivity contribution in [1.82, 2.24) is 4.98 Å². The van der Waals surface area contributed by atoms with Crippen LogP contribution in [0.5, 0.6) is 0 Å². The van der Waals surface area contributed by atoms with E-state index in [2.05, 4.69) is 132 Å². The van der Waals surface area contributed by atoms with E-state index in [0.717, 1.165) is 28.2 Å². The molecule has 2 nitrogen and oxygen atoms in total. The third-order valence-electron chi connectivity index (χ3n) is 5.67. The van der Waals surface area contributed by atoms with Gasteiger partial charge >= 0.3 is 0 Å². The summed E-state index contributed by atoms with van der Waals surface area (Å²) in [6.45, 7) is 0. The molecule has 5 aromatic rings. The molecule has 0 aliphatic carbocycles. The summed E-state index contributed by atoms with van der Waals surface area (Å²) in [6, 6.07) is 42.0. The molecule has 0 saturated carbocycles. The van der Waals surface area contributed by atoms with Gasteiger partial charge in [-0.2, -0.15) is 0 Å². The van der Waals surface area contributed by atoms with Gasteiger partial charge in [0, 0.05) is 4.88 Å². The predicted molar refractivity (Wildman–Crippen MR) is 140 cm³/mol. The minimum Gasteiger partial charge on any atom is -0.353 e. The first-order valence-electron chi connectivity index (χ1n) is 11.0. The summed E-state index contributed by atoms with van der Waals surface area (Å²) in [5.74, 6) is 0.819. The fraction of sp³-hybridized carbons (Fsp3) is 0.0333. The summed E-state index contributed by atoms with van der Waals surface area (Å²) in [5.41, 5.74) is 3.79. The Balaban J connectivity index is 1.64. The van der Waals surface area contributed by atoms with Gasteiger partial charge in [0.05, 0.1) is 5.69 Å². The highest BCUT2D eigenvalue weighted by atomic mass is 32.1. The van der Waals surface area contributed by atoms with Gasteiger partial charge in [-0.3, -0.25) is 0 Å². The molecule has 2 aromatic heterocycles. The first kappa shape index (κ1) is 20.9. The highest BCUT2D eigenvalue weighted by Crippen LogP contribution is 2.39. The molecule has 0 atom stereocenters. The van der Waals surface area contributed by atoms with E-state index in [-0.39, 0.29) is 0 Å². The molecule has 0 radical (unpaired) electrons. The zero-order valence-corrected chi connectivity index (χ0v) is 19.0. The Hall–Kier alpha value is -3.95. The summed E-state index contributed by atoms with van der Waals surface area (Å²) in [7, 11) is 0. The molecule has 1 N–H and O–H groups in total. The Kier molecular flexibility index (Phi) is 6.14. The van der Waals surface area contributed by atoms with Crippen molar-refractivity contribution in [3.63, 3.8) is 0 Å². The van der Waals surface area contributed by atoms with Gasteiger partial charge in [-0.1, -0.05) is 103 Å². The quantitative estimate of drug-likeness (QED) is 0.260. The Morgan fingerprint density at radius 1 is 0.576 bits per heavy atom. The van der Waals surface area contributed by atoms with Crippen LogP contribution in [0.15, 0.2) is 127 Å². The summed E-state index contributed by atoms with van der Waals surface area (Å²) in [5, 5.41) is 5.91. The summed E-state index contributed by atoms with van der Waals surface area (Å²) >= 11 is 1.72. The zero-order valence-electron chi connectivity index (χ0n) is 18.1. The molecule has 0 unspecified atom stereocenters. The normalized spacial score (nSPS) is 11.5. The van der Waals surface area contributed by atoms with Gasteiger partial charge in [0.25, 0.3) is 0 Å². The number of pyridine rings is 1. The molecular weight excluding hydrogens is 420 g/mol. The van der Waals surface area contributed by atoms with Crippen LogP contribution in [-0.2, 0) is 5.54 Å². The lowest BCUT2D eigenvalue weighted by Gasteiger charge is -2.37. The lowest BCUT2D eigenvalue weighted by atomic mass is 9.77. The lowest BCUT2D eigenvalue weighted by molar-refractivity contribution is 0.706. The third kappa shape index (κ3) is 4.50. The number of hydrogen-bond acceptors (Lipinski definition) is 3. The molecule has 3 heteroatoms. The monoisotopic (exact) mass is 444 g/mol. The number of nitrogens with one attached hydrogen (secondary N) is 1. The van der Waals surface area contributed by atoms with Crippen LogP contribution in [0.2, 0.25) is 0 Å². The second-order valence-electron chi connectivity index (χ2n) is 7.77. The van der Waals surface area contributed by atoms with Crippen LogP contribution >= 0.6 is 11.3 Å². The Bertz CT molecular complexity index is 1220. The maximum atomic E-state index is 4.94. The van der Waals surface area contributed by atoms with E-state index in [9.17, 15) is 0 Å². The highest BCUT2D eigenvalue weighted by molar-refractivity contribution is 7.10. The predicted octanol–water partition coefficient (Wildman–Crippen LogP) is 7.72. The molecule has 0 aliphatic rings. The van der Waals surface area contributed by atoms with Crippen LogP contribution < -0.4 is 5.32 Å². The van der Waals surface area contributed by atoms with E-state index in [4.69, 9.17) is 4.98 Å². The van der Waals surface area contributed by atoms with Crippen molar-refractivity contribution in [3.05, 3.63) is 154 Å². The SMILES string of the molecule is C(=C\c1cccs1)/c1cccc(NC(c2ccccc2)(c2ccccc2)c2ccccc2)n1. The third-order valence-corrected chi connectivity index (χ3v) is 6.51. The smallest absolute Gasteiger partial charge is 0.127 e. The van der Waals surface area contributed by atoms with Crippen molar-refractivity contribution in [2.45, 2.75) is 5.54 Å². The summed E-state index contributed by atoms with van der Waals surface area (Å²) in [4.78, 5) is 6.15. The Labute approximate surface area is 198 Å². The van der Waals surface area contributed by atoms with Crippen molar-refractivity contribution in [2.24, 2.45) is 0 Å². The molecule has 33 heavy (non-hydrogen) atoms. The van der Waals surface area contributed by atoms with Gasteiger partial charge < -0.3 is 5.32 Å². The fourth-order valence-electron chi connectivity index (χ4n) is 4.14. The summed E-state index contributed by atoms with van der Waals surface area (Å²) < 4.78 is 0. The topological polar surface area (TPSA) is 24.9 Å². The maximum absolute atomic E-state index is 4.94. The lowest BCUT2D eigenvalue weighted by Crippen LogP contribution is -2.38. The van der Waals surface area contributed by atoms with Gasteiger partial charge in [0.15, 0.2) is 0 Å². The minimum absolute atomic E-state index is 0.590. The van der Waals surface area contributed by atoms with Crippen molar-refractivity contribution < 1.29 is 0 Å². The van der Waals surface area contributed by atoms with E-state index in [1.807, 2.05) is 12.1 Å². The van der Waals surface area contributed by atoms with E-state index in [0.29, 0.717) is 0 Å². The summed E-state index contributed by atoms with van der Waals surface area (Å²) in [6.07, 6.45) is 4.17. The molecule has 2 heterocycles. The second kappa shape index (κ2) is 9.68. The fourth-order valence-corrected chi connectivity index (χ4v) is 4.76. The largest absolute Gasteiger partial charge is 0.353 e.